The standard InChI is InChI=1S/C11H14S3/c1-3-13-11(12)14-9(2)10-7-5-4-6-8-10/h4-9H,3H2,1-2H3. The maximum Gasteiger partial charge on any atom is 0.104 e. The third-order valence-electron chi connectivity index (χ3n) is 1.80. The summed E-state index contributed by atoms with van der Waals surface area (Å²) in [6.45, 7) is 4.33. The maximum atomic E-state index is 5.26. The van der Waals surface area contributed by atoms with Crippen molar-refractivity contribution in [1.82, 2.24) is 0 Å². The molecule has 0 spiro atoms. The second kappa shape index (κ2) is 6.49. The molecule has 0 N–H and O–H groups in total. The molecule has 3 heteroatoms. The van der Waals surface area contributed by atoms with Gasteiger partial charge in [0.15, 0.2) is 0 Å². The first kappa shape index (κ1) is 12.1. The van der Waals surface area contributed by atoms with Crippen molar-refractivity contribution in [2.75, 3.05) is 5.75 Å². The lowest BCUT2D eigenvalue weighted by Gasteiger charge is -2.10. The first-order valence-electron chi connectivity index (χ1n) is 4.62. The average Bonchev–Trinajstić information content (AvgIpc) is 2.19. The van der Waals surface area contributed by atoms with Gasteiger partial charge < -0.3 is 0 Å². The highest BCUT2D eigenvalue weighted by Crippen LogP contribution is 2.32. The van der Waals surface area contributed by atoms with Crippen LogP contribution in [0, 0.1) is 0 Å². The number of thiocarbonyl (C=S) groups is 1. The fourth-order valence-electron chi connectivity index (χ4n) is 1.09. The number of thioether (sulfide) groups is 2. The Morgan fingerprint density at radius 1 is 1.36 bits per heavy atom. The van der Waals surface area contributed by atoms with E-state index in [4.69, 9.17) is 12.2 Å². The van der Waals surface area contributed by atoms with E-state index >= 15 is 0 Å². The van der Waals surface area contributed by atoms with Crippen molar-refractivity contribution < 1.29 is 0 Å². The molecule has 1 aromatic rings. The lowest BCUT2D eigenvalue weighted by Crippen LogP contribution is -1.91. The molecule has 14 heavy (non-hydrogen) atoms. The van der Waals surface area contributed by atoms with Gasteiger partial charge in [-0.05, 0) is 18.2 Å². The number of hydrogen-bond donors (Lipinski definition) is 0. The second-order valence-electron chi connectivity index (χ2n) is 2.85. The predicted octanol–water partition coefficient (Wildman–Crippen LogP) is 4.52. The van der Waals surface area contributed by atoms with Crippen molar-refractivity contribution in [2.24, 2.45) is 0 Å². The van der Waals surface area contributed by atoms with Crippen LogP contribution in [-0.4, -0.2) is 9.28 Å². The minimum Gasteiger partial charge on any atom is -0.108 e. The molecule has 1 unspecified atom stereocenters. The molecule has 0 bridgehead atoms. The summed E-state index contributed by atoms with van der Waals surface area (Å²) in [4.78, 5) is 0. The molecule has 0 aliphatic carbocycles. The minimum atomic E-state index is 0.461. The second-order valence-corrected chi connectivity index (χ2v) is 6.66. The maximum absolute atomic E-state index is 5.26. The Morgan fingerprint density at radius 3 is 2.57 bits per heavy atom. The summed E-state index contributed by atoms with van der Waals surface area (Å²) in [7, 11) is 0. The monoisotopic (exact) mass is 242 g/mol. The first-order chi connectivity index (χ1) is 6.74. The highest BCUT2D eigenvalue weighted by atomic mass is 32.2. The Kier molecular flexibility index (Phi) is 5.60. The Morgan fingerprint density at radius 2 is 2.00 bits per heavy atom. The topological polar surface area (TPSA) is 0 Å². The van der Waals surface area contributed by atoms with Gasteiger partial charge in [-0.25, -0.2) is 0 Å². The lowest BCUT2D eigenvalue weighted by atomic mass is 10.2. The van der Waals surface area contributed by atoms with E-state index in [1.165, 1.54) is 5.56 Å². The third kappa shape index (κ3) is 4.03. The minimum absolute atomic E-state index is 0.461. The van der Waals surface area contributed by atoms with Crippen molar-refractivity contribution in [3.8, 4) is 0 Å². The molecule has 76 valence electrons. The summed E-state index contributed by atoms with van der Waals surface area (Å²) >= 11 is 8.78. The van der Waals surface area contributed by atoms with Gasteiger partial charge in [-0.2, -0.15) is 0 Å². The smallest absolute Gasteiger partial charge is 0.104 e. The Balaban J connectivity index is 2.50. The van der Waals surface area contributed by atoms with E-state index in [1.807, 2.05) is 6.07 Å². The SMILES string of the molecule is CCSC(=S)SC(C)c1ccccc1. The fraction of sp³-hybridized carbons (Fsp3) is 0.364. The van der Waals surface area contributed by atoms with Gasteiger partial charge in [0.05, 0.1) is 0 Å². The first-order valence-corrected chi connectivity index (χ1v) is 6.89. The van der Waals surface area contributed by atoms with Crippen LogP contribution in [0.5, 0.6) is 0 Å². The molecule has 0 aliphatic rings. The van der Waals surface area contributed by atoms with E-state index in [0.29, 0.717) is 5.25 Å². The van der Waals surface area contributed by atoms with Gasteiger partial charge in [0.1, 0.15) is 3.53 Å². The molecule has 0 saturated carbocycles. The van der Waals surface area contributed by atoms with E-state index in [9.17, 15) is 0 Å². The van der Waals surface area contributed by atoms with Crippen molar-refractivity contribution in [1.29, 1.82) is 0 Å². The van der Waals surface area contributed by atoms with Gasteiger partial charge in [-0.3, -0.25) is 0 Å². The zero-order valence-corrected chi connectivity index (χ0v) is 10.8. The summed E-state index contributed by atoms with van der Waals surface area (Å²) in [5.74, 6) is 1.06. The molecule has 0 radical (unpaired) electrons. The fourth-order valence-corrected chi connectivity index (χ4v) is 3.75. The summed E-state index contributed by atoms with van der Waals surface area (Å²) < 4.78 is 1.05. The molecule has 1 atom stereocenters. The summed E-state index contributed by atoms with van der Waals surface area (Å²) in [6, 6.07) is 10.5. The molecule has 0 saturated heterocycles. The van der Waals surface area contributed by atoms with Crippen LogP contribution in [0.15, 0.2) is 30.3 Å². The third-order valence-corrected chi connectivity index (χ3v) is 4.43. The molecule has 1 aromatic carbocycles. The van der Waals surface area contributed by atoms with Crippen LogP contribution in [0.4, 0.5) is 0 Å². The van der Waals surface area contributed by atoms with Crippen molar-refractivity contribution in [3.63, 3.8) is 0 Å². The van der Waals surface area contributed by atoms with Gasteiger partial charge in [0, 0.05) is 5.25 Å². The molecular weight excluding hydrogens is 228 g/mol. The van der Waals surface area contributed by atoms with E-state index in [2.05, 4.69) is 38.1 Å². The Labute approximate surface area is 99.9 Å². The normalized spacial score (nSPS) is 12.4. The summed E-state index contributed by atoms with van der Waals surface area (Å²) in [5, 5.41) is 0.461. The van der Waals surface area contributed by atoms with Crippen molar-refractivity contribution in [2.45, 2.75) is 19.1 Å². The number of hydrogen-bond acceptors (Lipinski definition) is 3. The van der Waals surface area contributed by atoms with E-state index in [1.54, 1.807) is 23.5 Å². The number of benzene rings is 1. The lowest BCUT2D eigenvalue weighted by molar-refractivity contribution is 1.11. The van der Waals surface area contributed by atoms with Crippen LogP contribution in [0.2, 0.25) is 0 Å². The molecule has 0 aliphatic heterocycles. The van der Waals surface area contributed by atoms with Crippen LogP contribution in [0.3, 0.4) is 0 Å². The van der Waals surface area contributed by atoms with Crippen molar-refractivity contribution >= 4 is 39.3 Å². The highest BCUT2D eigenvalue weighted by molar-refractivity contribution is 8.47. The van der Waals surface area contributed by atoms with Crippen LogP contribution in [0.25, 0.3) is 0 Å². The highest BCUT2D eigenvalue weighted by Gasteiger charge is 2.08. The summed E-state index contributed by atoms with van der Waals surface area (Å²) in [5.41, 5.74) is 1.34. The van der Waals surface area contributed by atoms with Gasteiger partial charge in [-0.15, -0.1) is 11.8 Å². The quantitative estimate of drug-likeness (QED) is 0.715. The number of rotatable bonds is 3. The molecule has 0 amide bonds. The largest absolute Gasteiger partial charge is 0.108 e. The van der Waals surface area contributed by atoms with E-state index < -0.39 is 0 Å². The average molecular weight is 242 g/mol. The van der Waals surface area contributed by atoms with Gasteiger partial charge in [0.25, 0.3) is 0 Å². The van der Waals surface area contributed by atoms with Crippen LogP contribution in [-0.2, 0) is 0 Å². The molecule has 0 aromatic heterocycles. The van der Waals surface area contributed by atoms with Gasteiger partial charge >= 0.3 is 0 Å². The molecular formula is C11H14S3. The van der Waals surface area contributed by atoms with Gasteiger partial charge in [0.2, 0.25) is 0 Å². The molecule has 0 fully saturated rings. The zero-order valence-electron chi connectivity index (χ0n) is 8.40. The molecule has 1 rings (SSSR count). The Bertz CT molecular complexity index is 282. The molecule has 0 nitrogen and oxygen atoms in total. The van der Waals surface area contributed by atoms with Gasteiger partial charge in [-0.1, -0.05) is 61.2 Å². The van der Waals surface area contributed by atoms with E-state index in [0.717, 1.165) is 9.28 Å². The van der Waals surface area contributed by atoms with Crippen LogP contribution < -0.4 is 0 Å². The van der Waals surface area contributed by atoms with Crippen LogP contribution in [0.1, 0.15) is 24.7 Å². The van der Waals surface area contributed by atoms with E-state index in [-0.39, 0.29) is 0 Å². The molecule has 0 heterocycles. The zero-order chi connectivity index (χ0) is 10.4. The van der Waals surface area contributed by atoms with Crippen molar-refractivity contribution in [3.05, 3.63) is 35.9 Å². The predicted molar refractivity (Wildman–Crippen MR) is 73.2 cm³/mol. The summed E-state index contributed by atoms with van der Waals surface area (Å²) in [6.07, 6.45) is 0. The van der Waals surface area contributed by atoms with Crippen LogP contribution >= 0.6 is 35.7 Å². The Hall–Kier alpha value is 0.01000.